The van der Waals surface area contributed by atoms with Crippen molar-refractivity contribution in [2.24, 2.45) is 0 Å². The van der Waals surface area contributed by atoms with E-state index >= 15 is 0 Å². The van der Waals surface area contributed by atoms with Crippen LogP contribution in [0.3, 0.4) is 0 Å². The fraction of sp³-hybridized carbons (Fsp3) is 0.406. The Morgan fingerprint density at radius 2 is 2.05 bits per heavy atom. The van der Waals surface area contributed by atoms with Gasteiger partial charge in [0.1, 0.15) is 6.10 Å². The van der Waals surface area contributed by atoms with E-state index in [1.165, 1.54) is 10.4 Å². The Balaban J connectivity index is 1.32. The van der Waals surface area contributed by atoms with Crippen LogP contribution in [0.15, 0.2) is 70.4 Å². The molecule has 0 unspecified atom stereocenters. The summed E-state index contributed by atoms with van der Waals surface area (Å²) >= 11 is 0. The second-order valence-electron chi connectivity index (χ2n) is 11.9. The minimum absolute atomic E-state index is 0.193. The number of carbonyl (C=O) groups excluding carboxylic acids is 1. The summed E-state index contributed by atoms with van der Waals surface area (Å²) < 4.78 is 47.2. The number of benzene rings is 2. The van der Waals surface area contributed by atoms with Crippen LogP contribution in [0, 0.1) is 6.92 Å². The third-order valence-corrected chi connectivity index (χ3v) is 11.9. The summed E-state index contributed by atoms with van der Waals surface area (Å²) in [7, 11) is -0.542. The largest absolute Gasteiger partial charge is 0.493 e. The lowest BCUT2D eigenvalue weighted by molar-refractivity contribution is -0.186. The Bertz CT molecular complexity index is 1700. The lowest BCUT2D eigenvalue weighted by Crippen LogP contribution is -2.78. The highest BCUT2D eigenvalue weighted by molar-refractivity contribution is 7.89. The monoisotopic (exact) mass is 590 g/mol. The van der Waals surface area contributed by atoms with E-state index in [0.717, 1.165) is 22.3 Å². The number of aryl methyl sites for hydroxylation is 1. The minimum Gasteiger partial charge on any atom is -0.493 e. The Labute approximate surface area is 245 Å². The molecule has 1 amide bonds. The maximum atomic E-state index is 14.1. The molecule has 42 heavy (non-hydrogen) atoms. The van der Waals surface area contributed by atoms with Gasteiger partial charge in [0.15, 0.2) is 11.5 Å². The van der Waals surface area contributed by atoms with E-state index in [0.29, 0.717) is 37.2 Å². The molecule has 2 bridgehead atoms. The van der Waals surface area contributed by atoms with Gasteiger partial charge in [-0.15, -0.1) is 0 Å². The first-order valence-corrected chi connectivity index (χ1v) is 15.7. The first kappa shape index (κ1) is 27.2. The third kappa shape index (κ3) is 3.61. The zero-order valence-electron chi connectivity index (χ0n) is 23.8. The molecule has 4 aliphatic rings. The number of furan rings is 1. The first-order valence-electron chi connectivity index (χ1n) is 14.3. The van der Waals surface area contributed by atoms with Gasteiger partial charge < -0.3 is 23.9 Å². The van der Waals surface area contributed by atoms with E-state index < -0.39 is 33.2 Å². The summed E-state index contributed by atoms with van der Waals surface area (Å²) in [5, 5.41) is 12.8. The highest BCUT2D eigenvalue weighted by Gasteiger charge is 2.74. The summed E-state index contributed by atoms with van der Waals surface area (Å²) in [5.41, 5.74) is 1.18. The number of carbonyl (C=O) groups is 1. The molecule has 0 radical (unpaired) electrons. The molecule has 9 nitrogen and oxygen atoms in total. The number of rotatable bonds is 6. The molecule has 2 aliphatic carbocycles. The average Bonchev–Trinajstić information content (AvgIpc) is 3.61. The molecule has 10 heteroatoms. The van der Waals surface area contributed by atoms with Gasteiger partial charge in [-0.2, -0.15) is 4.31 Å². The number of methoxy groups -OCH3 is 1. The molecular formula is C32H34N2O7S. The molecule has 2 fully saturated rings. The van der Waals surface area contributed by atoms with Gasteiger partial charge in [-0.05, 0) is 74.1 Å². The number of amides is 1. The maximum Gasteiger partial charge on any atom is 0.246 e. The van der Waals surface area contributed by atoms with E-state index in [4.69, 9.17) is 13.9 Å². The smallest absolute Gasteiger partial charge is 0.246 e. The number of sulfonamides is 1. The molecule has 2 aliphatic heterocycles. The molecule has 1 N–H and O–H groups in total. The average molecular weight is 591 g/mol. The number of aliphatic hydroxyl groups is 1. The molecule has 1 aromatic heterocycles. The molecule has 5 atom stereocenters. The van der Waals surface area contributed by atoms with Crippen LogP contribution in [0.25, 0.3) is 6.08 Å². The molecule has 3 aromatic rings. The molecule has 1 spiro atoms. The number of likely N-dealkylation sites (N-methyl/N-ethyl adjacent to an activating group) is 1. The van der Waals surface area contributed by atoms with Crippen molar-refractivity contribution in [1.82, 2.24) is 9.21 Å². The van der Waals surface area contributed by atoms with Gasteiger partial charge >= 0.3 is 0 Å². The van der Waals surface area contributed by atoms with Gasteiger partial charge in [0, 0.05) is 30.8 Å². The number of hydrogen-bond acceptors (Lipinski definition) is 7. The van der Waals surface area contributed by atoms with Crippen molar-refractivity contribution in [3.63, 3.8) is 0 Å². The van der Waals surface area contributed by atoms with Crippen molar-refractivity contribution in [3.05, 3.63) is 83.3 Å². The Morgan fingerprint density at radius 1 is 1.21 bits per heavy atom. The Morgan fingerprint density at radius 3 is 2.79 bits per heavy atom. The van der Waals surface area contributed by atoms with Gasteiger partial charge in [-0.3, -0.25) is 4.79 Å². The number of nitrogens with zero attached hydrogens (tertiary/aromatic N) is 2. The Hall–Kier alpha value is -3.60. The predicted octanol–water partition coefficient (Wildman–Crippen LogP) is 3.68. The van der Waals surface area contributed by atoms with Crippen LogP contribution in [-0.2, 0) is 26.7 Å². The quantitative estimate of drug-likeness (QED) is 0.436. The normalized spacial score (nSPS) is 29.7. The minimum atomic E-state index is -3.89. The second kappa shape index (κ2) is 9.45. The lowest BCUT2D eigenvalue weighted by atomic mass is 9.48. The van der Waals surface area contributed by atoms with Crippen LogP contribution >= 0.6 is 0 Å². The summed E-state index contributed by atoms with van der Waals surface area (Å²) in [6.07, 6.45) is 7.24. The van der Waals surface area contributed by atoms with Crippen LogP contribution in [0.5, 0.6) is 11.5 Å². The lowest BCUT2D eigenvalue weighted by Gasteiger charge is -2.64. The van der Waals surface area contributed by atoms with Crippen molar-refractivity contribution in [3.8, 4) is 11.5 Å². The van der Waals surface area contributed by atoms with E-state index in [1.54, 1.807) is 61.9 Å². The van der Waals surface area contributed by atoms with Crippen molar-refractivity contribution in [2.45, 2.75) is 66.7 Å². The van der Waals surface area contributed by atoms with Crippen LogP contribution in [0.2, 0.25) is 0 Å². The fourth-order valence-electron chi connectivity index (χ4n) is 8.04. The highest BCUT2D eigenvalue weighted by Crippen LogP contribution is 2.66. The molecule has 220 valence electrons. The molecule has 1 saturated heterocycles. The third-order valence-electron chi connectivity index (χ3n) is 9.99. The Kier molecular flexibility index (Phi) is 6.13. The van der Waals surface area contributed by atoms with Gasteiger partial charge in [0.25, 0.3) is 0 Å². The SMILES string of the molecule is COc1ccc2c3c1O[C@H]1[C@H](N(C)C(=O)/C=C\c4ccoc4)CC[C@@]4(O)[C@@H](C2)N(S(=O)(=O)c2cccc(C)c2)CC[C@]314. The second-order valence-corrected chi connectivity index (χ2v) is 13.8. The van der Waals surface area contributed by atoms with Gasteiger partial charge in [-0.1, -0.05) is 18.2 Å². The zero-order chi connectivity index (χ0) is 29.4. The molecule has 7 rings (SSSR count). The van der Waals surface area contributed by atoms with E-state index in [-0.39, 0.29) is 23.4 Å². The van der Waals surface area contributed by atoms with Crippen LogP contribution < -0.4 is 9.47 Å². The molecular weight excluding hydrogens is 556 g/mol. The van der Waals surface area contributed by atoms with Gasteiger partial charge in [0.05, 0.1) is 47.6 Å². The van der Waals surface area contributed by atoms with Crippen LogP contribution in [0.1, 0.15) is 41.5 Å². The number of piperidine rings is 1. The van der Waals surface area contributed by atoms with Gasteiger partial charge in [0.2, 0.25) is 15.9 Å². The zero-order valence-corrected chi connectivity index (χ0v) is 24.6. The predicted molar refractivity (Wildman–Crippen MR) is 155 cm³/mol. The first-order chi connectivity index (χ1) is 20.1. The van der Waals surface area contributed by atoms with Crippen molar-refractivity contribution in [2.75, 3.05) is 20.7 Å². The maximum absolute atomic E-state index is 14.1. The number of ether oxygens (including phenoxy) is 2. The van der Waals surface area contributed by atoms with Crippen molar-refractivity contribution in [1.29, 1.82) is 0 Å². The standard InChI is InChI=1S/C32H34N2O7S/c1-20-5-4-6-23(17-20)42(37,38)34-15-14-31-28-22-8-9-25(39-3)29(28)41-30(31)24(11-13-32(31,36)26(34)18-22)33(2)27(35)10-7-21-12-16-40-19-21/h4-10,12,16-17,19,24,26,30,36H,11,13-15,18H2,1-3H3/b10-7-/t24-,26-,30+,31+,32-/m1/s1. The molecule has 2 aromatic carbocycles. The summed E-state index contributed by atoms with van der Waals surface area (Å²) in [5.74, 6) is 0.968. The molecule has 3 heterocycles. The summed E-state index contributed by atoms with van der Waals surface area (Å²) in [6, 6.07) is 11.5. The fourth-order valence-corrected chi connectivity index (χ4v) is 9.82. The van der Waals surface area contributed by atoms with E-state index in [2.05, 4.69) is 0 Å². The highest BCUT2D eigenvalue weighted by atomic mass is 32.2. The van der Waals surface area contributed by atoms with Gasteiger partial charge in [-0.25, -0.2) is 8.42 Å². The van der Waals surface area contributed by atoms with E-state index in [9.17, 15) is 18.3 Å². The number of hydrogen-bond donors (Lipinski definition) is 1. The van der Waals surface area contributed by atoms with E-state index in [1.807, 2.05) is 25.1 Å². The van der Waals surface area contributed by atoms with Crippen LogP contribution in [-0.4, -0.2) is 73.1 Å². The summed E-state index contributed by atoms with van der Waals surface area (Å²) in [4.78, 5) is 15.3. The topological polar surface area (TPSA) is 110 Å². The molecule has 1 saturated carbocycles. The van der Waals surface area contributed by atoms with Crippen molar-refractivity contribution >= 4 is 22.0 Å². The van der Waals surface area contributed by atoms with Crippen LogP contribution in [0.4, 0.5) is 0 Å². The van der Waals surface area contributed by atoms with Crippen molar-refractivity contribution < 1.29 is 32.2 Å². The summed E-state index contributed by atoms with van der Waals surface area (Å²) in [6.45, 7) is 2.09.